The van der Waals surface area contributed by atoms with Gasteiger partial charge in [-0.2, -0.15) is 0 Å². The highest BCUT2D eigenvalue weighted by atomic mass is 14.9. The Bertz CT molecular complexity index is 416. The largest absolute Gasteiger partial charge is 0.310 e. The highest BCUT2D eigenvalue weighted by Crippen LogP contribution is 2.43. The topological polar surface area (TPSA) is 12.0 Å². The Morgan fingerprint density at radius 3 is 2.35 bits per heavy atom. The molecular formula is C19H31N. The second kappa shape index (κ2) is 6.76. The quantitative estimate of drug-likeness (QED) is 0.746. The van der Waals surface area contributed by atoms with Crippen molar-refractivity contribution in [1.82, 2.24) is 5.32 Å². The highest BCUT2D eigenvalue weighted by Gasteiger charge is 2.34. The van der Waals surface area contributed by atoms with Crippen LogP contribution in [0, 0.1) is 18.3 Å². The molecule has 0 amide bonds. The molecule has 1 nitrogen and oxygen atoms in total. The van der Waals surface area contributed by atoms with Gasteiger partial charge in [0.1, 0.15) is 0 Å². The molecule has 1 aliphatic rings. The predicted molar refractivity (Wildman–Crippen MR) is 88.0 cm³/mol. The molecule has 0 heterocycles. The lowest BCUT2D eigenvalue weighted by Gasteiger charge is -2.33. The van der Waals surface area contributed by atoms with Gasteiger partial charge in [0, 0.05) is 12.6 Å². The van der Waals surface area contributed by atoms with Gasteiger partial charge in [0.25, 0.3) is 0 Å². The summed E-state index contributed by atoms with van der Waals surface area (Å²) in [6.07, 6.45) is 7.05. The Labute approximate surface area is 125 Å². The molecule has 0 aliphatic heterocycles. The van der Waals surface area contributed by atoms with Crippen LogP contribution in [0.2, 0.25) is 0 Å². The van der Waals surface area contributed by atoms with Crippen molar-refractivity contribution in [2.45, 2.75) is 65.8 Å². The van der Waals surface area contributed by atoms with E-state index in [4.69, 9.17) is 0 Å². The molecule has 112 valence electrons. The standard InChI is InChI=1S/C19H31N/c1-15(2)13-19(11-7-8-12-19)14-20-17(4)18-10-6-5-9-16(18)3/h5-6,9-10,15,17,20H,7-8,11-14H2,1-4H3. The molecule has 0 spiro atoms. The van der Waals surface area contributed by atoms with Gasteiger partial charge in [0.05, 0.1) is 0 Å². The Hall–Kier alpha value is -0.820. The second-order valence-corrected chi connectivity index (χ2v) is 7.26. The van der Waals surface area contributed by atoms with E-state index in [1.165, 1.54) is 49.8 Å². The first-order valence-corrected chi connectivity index (χ1v) is 8.31. The first kappa shape index (κ1) is 15.6. The van der Waals surface area contributed by atoms with Crippen LogP contribution in [0.15, 0.2) is 24.3 Å². The van der Waals surface area contributed by atoms with Crippen molar-refractivity contribution in [3.05, 3.63) is 35.4 Å². The molecule has 0 radical (unpaired) electrons. The van der Waals surface area contributed by atoms with Crippen LogP contribution in [0.5, 0.6) is 0 Å². The minimum atomic E-state index is 0.459. The zero-order chi connectivity index (χ0) is 14.6. The minimum Gasteiger partial charge on any atom is -0.310 e. The lowest BCUT2D eigenvalue weighted by atomic mass is 9.78. The first-order valence-electron chi connectivity index (χ1n) is 8.31. The van der Waals surface area contributed by atoms with Gasteiger partial charge in [-0.15, -0.1) is 0 Å². The highest BCUT2D eigenvalue weighted by molar-refractivity contribution is 5.28. The van der Waals surface area contributed by atoms with Gasteiger partial charge in [-0.1, -0.05) is 51.0 Å². The maximum atomic E-state index is 3.83. The van der Waals surface area contributed by atoms with Gasteiger partial charge < -0.3 is 5.32 Å². The molecule has 1 aromatic rings. The Balaban J connectivity index is 1.97. The van der Waals surface area contributed by atoms with E-state index in [1.807, 2.05) is 0 Å². The lowest BCUT2D eigenvalue weighted by molar-refractivity contribution is 0.217. The van der Waals surface area contributed by atoms with Gasteiger partial charge in [0.15, 0.2) is 0 Å². The molecule has 20 heavy (non-hydrogen) atoms. The predicted octanol–water partition coefficient (Wildman–Crippen LogP) is 5.25. The summed E-state index contributed by atoms with van der Waals surface area (Å²) in [7, 11) is 0. The fourth-order valence-electron chi connectivity index (χ4n) is 4.00. The number of hydrogen-bond donors (Lipinski definition) is 1. The van der Waals surface area contributed by atoms with Crippen LogP contribution in [0.25, 0.3) is 0 Å². The molecule has 2 rings (SSSR count). The minimum absolute atomic E-state index is 0.459. The molecule has 1 fully saturated rings. The van der Waals surface area contributed by atoms with Gasteiger partial charge in [-0.3, -0.25) is 0 Å². The van der Waals surface area contributed by atoms with Crippen molar-refractivity contribution >= 4 is 0 Å². The van der Waals surface area contributed by atoms with Crippen LogP contribution in [0.4, 0.5) is 0 Å². The van der Waals surface area contributed by atoms with Gasteiger partial charge >= 0.3 is 0 Å². The Kier molecular flexibility index (Phi) is 5.26. The summed E-state index contributed by atoms with van der Waals surface area (Å²) >= 11 is 0. The van der Waals surface area contributed by atoms with Crippen LogP contribution < -0.4 is 5.32 Å². The molecule has 1 aromatic carbocycles. The van der Waals surface area contributed by atoms with Gasteiger partial charge in [-0.25, -0.2) is 0 Å². The molecule has 1 unspecified atom stereocenters. The third-order valence-electron chi connectivity index (χ3n) is 4.94. The first-order chi connectivity index (χ1) is 9.52. The van der Waals surface area contributed by atoms with E-state index in [9.17, 15) is 0 Å². The van der Waals surface area contributed by atoms with E-state index < -0.39 is 0 Å². The molecule has 1 aliphatic carbocycles. The number of aryl methyl sites for hydroxylation is 1. The van der Waals surface area contributed by atoms with E-state index in [1.54, 1.807) is 0 Å². The van der Waals surface area contributed by atoms with Crippen molar-refractivity contribution in [3.63, 3.8) is 0 Å². The zero-order valence-electron chi connectivity index (χ0n) is 13.7. The van der Waals surface area contributed by atoms with Gasteiger partial charge in [-0.05, 0) is 55.6 Å². The summed E-state index contributed by atoms with van der Waals surface area (Å²) in [4.78, 5) is 0. The summed E-state index contributed by atoms with van der Waals surface area (Å²) in [6, 6.07) is 9.22. The van der Waals surface area contributed by atoms with Crippen LogP contribution in [-0.2, 0) is 0 Å². The maximum absolute atomic E-state index is 3.83. The van der Waals surface area contributed by atoms with Crippen LogP contribution in [0.1, 0.15) is 70.0 Å². The molecule has 1 atom stereocenters. The van der Waals surface area contributed by atoms with Crippen LogP contribution >= 0.6 is 0 Å². The van der Waals surface area contributed by atoms with Crippen LogP contribution in [-0.4, -0.2) is 6.54 Å². The van der Waals surface area contributed by atoms with E-state index in [2.05, 4.69) is 57.3 Å². The molecule has 0 bridgehead atoms. The molecule has 0 aromatic heterocycles. The third-order valence-corrected chi connectivity index (χ3v) is 4.94. The van der Waals surface area contributed by atoms with Crippen molar-refractivity contribution in [1.29, 1.82) is 0 Å². The van der Waals surface area contributed by atoms with Gasteiger partial charge in [0.2, 0.25) is 0 Å². The Morgan fingerprint density at radius 1 is 1.10 bits per heavy atom. The van der Waals surface area contributed by atoms with Crippen LogP contribution in [0.3, 0.4) is 0 Å². The number of nitrogens with one attached hydrogen (secondary N) is 1. The third kappa shape index (κ3) is 3.85. The van der Waals surface area contributed by atoms with E-state index >= 15 is 0 Å². The number of rotatable bonds is 6. The molecule has 1 heteroatoms. The molecule has 0 saturated heterocycles. The molecule has 1 N–H and O–H groups in total. The summed E-state index contributed by atoms with van der Waals surface area (Å²) in [6.45, 7) is 10.4. The number of hydrogen-bond acceptors (Lipinski definition) is 1. The zero-order valence-corrected chi connectivity index (χ0v) is 13.7. The normalized spacial score (nSPS) is 19.4. The van der Waals surface area contributed by atoms with Crippen molar-refractivity contribution < 1.29 is 0 Å². The Morgan fingerprint density at radius 2 is 1.75 bits per heavy atom. The average molecular weight is 273 g/mol. The average Bonchev–Trinajstić information content (AvgIpc) is 2.84. The summed E-state index contributed by atoms with van der Waals surface area (Å²) < 4.78 is 0. The number of benzene rings is 1. The molecule has 1 saturated carbocycles. The molecular weight excluding hydrogens is 242 g/mol. The summed E-state index contributed by atoms with van der Waals surface area (Å²) in [5.41, 5.74) is 3.41. The monoisotopic (exact) mass is 273 g/mol. The van der Waals surface area contributed by atoms with Crippen molar-refractivity contribution in [2.75, 3.05) is 6.54 Å². The summed E-state index contributed by atoms with van der Waals surface area (Å²) in [5.74, 6) is 0.809. The van der Waals surface area contributed by atoms with Crippen molar-refractivity contribution in [2.24, 2.45) is 11.3 Å². The smallest absolute Gasteiger partial charge is 0.0294 e. The fourth-order valence-corrected chi connectivity index (χ4v) is 4.00. The lowest BCUT2D eigenvalue weighted by Crippen LogP contribution is -2.35. The SMILES string of the molecule is Cc1ccccc1C(C)NCC1(CC(C)C)CCCC1. The van der Waals surface area contributed by atoms with E-state index in [0.29, 0.717) is 11.5 Å². The fraction of sp³-hybridized carbons (Fsp3) is 0.684. The second-order valence-electron chi connectivity index (χ2n) is 7.26. The van der Waals surface area contributed by atoms with E-state index in [0.717, 1.165) is 5.92 Å². The van der Waals surface area contributed by atoms with Crippen molar-refractivity contribution in [3.8, 4) is 0 Å². The van der Waals surface area contributed by atoms with E-state index in [-0.39, 0.29) is 0 Å². The maximum Gasteiger partial charge on any atom is 0.0294 e. The summed E-state index contributed by atoms with van der Waals surface area (Å²) in [5, 5.41) is 3.83.